The monoisotopic (exact) mass is 456 g/mol. The topological polar surface area (TPSA) is 58.6 Å². The van der Waals surface area contributed by atoms with Crippen LogP contribution in [0.25, 0.3) is 11.0 Å². The molecule has 2 aromatic heterocycles. The molecule has 5 rings (SSSR count). The molecular formula is C29H32N2O3. The number of benzene rings is 2. The van der Waals surface area contributed by atoms with Crippen LogP contribution in [0.2, 0.25) is 0 Å². The number of amides is 1. The lowest BCUT2D eigenvalue weighted by Crippen LogP contribution is -2.37. The lowest BCUT2D eigenvalue weighted by Gasteiger charge is -2.36. The van der Waals surface area contributed by atoms with Crippen LogP contribution in [0.1, 0.15) is 73.0 Å². The Labute approximate surface area is 200 Å². The maximum atomic E-state index is 13.0. The highest BCUT2D eigenvalue weighted by atomic mass is 16.3. The number of piperidine rings is 1. The number of carbonyl (C=O) groups excluding carboxylic acids is 1. The fourth-order valence-corrected chi connectivity index (χ4v) is 4.85. The molecule has 0 unspecified atom stereocenters. The Morgan fingerprint density at radius 3 is 2.35 bits per heavy atom. The van der Waals surface area contributed by atoms with Crippen molar-refractivity contribution in [3.63, 3.8) is 0 Å². The van der Waals surface area contributed by atoms with E-state index in [9.17, 15) is 4.79 Å². The molecule has 5 heteroatoms. The van der Waals surface area contributed by atoms with Crippen molar-refractivity contribution in [3.8, 4) is 0 Å². The van der Waals surface area contributed by atoms with Crippen molar-refractivity contribution in [1.29, 1.82) is 0 Å². The number of carbonyl (C=O) groups is 1. The van der Waals surface area contributed by atoms with E-state index in [1.165, 1.54) is 17.4 Å². The van der Waals surface area contributed by atoms with Gasteiger partial charge in [0.05, 0.1) is 18.0 Å². The second-order valence-electron chi connectivity index (χ2n) is 9.71. The van der Waals surface area contributed by atoms with Gasteiger partial charge in [-0.2, -0.15) is 0 Å². The standard InChI is InChI=1S/C29H32N2O3/c1-19(2)21-10-12-22(13-11-21)27(31-16-14-20(3)15-17-31)28-26(23-7-4-5-8-24(23)34-28)30-29(32)25-9-6-18-33-25/h4-13,18-20,27H,14-17H2,1-3H3,(H,30,32)/t27-/m1/s1. The summed E-state index contributed by atoms with van der Waals surface area (Å²) < 4.78 is 11.9. The zero-order valence-corrected chi connectivity index (χ0v) is 20.1. The Morgan fingerprint density at radius 1 is 0.971 bits per heavy atom. The minimum atomic E-state index is -0.279. The third-order valence-corrected chi connectivity index (χ3v) is 6.96. The molecule has 1 amide bonds. The SMILES string of the molecule is CC1CCN([C@H](c2ccc(C(C)C)cc2)c2oc3ccccc3c2NC(=O)c2ccco2)CC1. The summed E-state index contributed by atoms with van der Waals surface area (Å²) in [6.45, 7) is 8.71. The molecule has 0 spiro atoms. The van der Waals surface area contributed by atoms with Gasteiger partial charge in [-0.05, 0) is 73.2 Å². The van der Waals surface area contributed by atoms with Crippen LogP contribution in [0.5, 0.6) is 0 Å². The second-order valence-corrected chi connectivity index (χ2v) is 9.71. The quantitative estimate of drug-likeness (QED) is 0.333. The highest BCUT2D eigenvalue weighted by Gasteiger charge is 2.32. The molecule has 0 radical (unpaired) electrons. The van der Waals surface area contributed by atoms with Crippen LogP contribution >= 0.6 is 0 Å². The van der Waals surface area contributed by atoms with E-state index in [1.54, 1.807) is 12.1 Å². The van der Waals surface area contributed by atoms with E-state index in [0.29, 0.717) is 17.5 Å². The molecule has 1 aliphatic rings. The van der Waals surface area contributed by atoms with Crippen LogP contribution in [0.4, 0.5) is 5.69 Å². The number of furan rings is 2. The van der Waals surface area contributed by atoms with Gasteiger partial charge in [-0.25, -0.2) is 0 Å². The van der Waals surface area contributed by atoms with Crippen molar-refractivity contribution in [2.75, 3.05) is 18.4 Å². The smallest absolute Gasteiger partial charge is 0.291 e. The summed E-state index contributed by atoms with van der Waals surface area (Å²) in [4.78, 5) is 15.5. The molecular weight excluding hydrogens is 424 g/mol. The molecule has 1 saturated heterocycles. The molecule has 1 N–H and O–H groups in total. The molecule has 5 nitrogen and oxygen atoms in total. The highest BCUT2D eigenvalue weighted by Crippen LogP contribution is 2.42. The number of nitrogens with zero attached hydrogens (tertiary/aromatic N) is 1. The fourth-order valence-electron chi connectivity index (χ4n) is 4.85. The number of likely N-dealkylation sites (tertiary alicyclic amines) is 1. The Bertz CT molecular complexity index is 1250. The van der Waals surface area contributed by atoms with E-state index in [2.05, 4.69) is 55.3 Å². The Hall–Kier alpha value is -3.31. The zero-order chi connectivity index (χ0) is 23.7. The molecule has 0 saturated carbocycles. The first-order chi connectivity index (χ1) is 16.5. The number of nitrogens with one attached hydrogen (secondary N) is 1. The first kappa shape index (κ1) is 22.5. The summed E-state index contributed by atoms with van der Waals surface area (Å²) >= 11 is 0. The van der Waals surface area contributed by atoms with E-state index in [-0.39, 0.29) is 17.7 Å². The van der Waals surface area contributed by atoms with Gasteiger partial charge in [0.1, 0.15) is 11.3 Å². The Morgan fingerprint density at radius 2 is 1.68 bits per heavy atom. The van der Waals surface area contributed by atoms with Crippen LogP contribution < -0.4 is 5.32 Å². The number of hydrogen-bond donors (Lipinski definition) is 1. The number of rotatable bonds is 6. The molecule has 1 fully saturated rings. The van der Waals surface area contributed by atoms with E-state index in [0.717, 1.165) is 42.7 Å². The molecule has 0 aliphatic carbocycles. The molecule has 1 atom stereocenters. The van der Waals surface area contributed by atoms with Crippen molar-refractivity contribution in [2.45, 2.75) is 45.6 Å². The molecule has 3 heterocycles. The zero-order valence-electron chi connectivity index (χ0n) is 20.1. The van der Waals surface area contributed by atoms with Gasteiger partial charge in [0.25, 0.3) is 5.91 Å². The summed E-state index contributed by atoms with van der Waals surface area (Å²) in [5.41, 5.74) is 3.97. The van der Waals surface area contributed by atoms with Crippen molar-refractivity contribution in [2.24, 2.45) is 5.92 Å². The van der Waals surface area contributed by atoms with E-state index < -0.39 is 0 Å². The van der Waals surface area contributed by atoms with Gasteiger partial charge in [-0.3, -0.25) is 9.69 Å². The van der Waals surface area contributed by atoms with E-state index in [1.807, 2.05) is 24.3 Å². The second kappa shape index (κ2) is 9.51. The summed E-state index contributed by atoms with van der Waals surface area (Å²) in [5, 5.41) is 4.01. The summed E-state index contributed by atoms with van der Waals surface area (Å²) in [6.07, 6.45) is 3.81. The summed E-state index contributed by atoms with van der Waals surface area (Å²) in [7, 11) is 0. The van der Waals surface area contributed by atoms with Gasteiger partial charge < -0.3 is 14.2 Å². The van der Waals surface area contributed by atoms with E-state index >= 15 is 0 Å². The largest absolute Gasteiger partial charge is 0.459 e. The van der Waals surface area contributed by atoms with Gasteiger partial charge in [-0.1, -0.05) is 57.2 Å². The summed E-state index contributed by atoms with van der Waals surface area (Å²) in [6, 6.07) is 20.0. The Balaban J connectivity index is 1.62. The van der Waals surface area contributed by atoms with Gasteiger partial charge in [0.2, 0.25) is 0 Å². The summed E-state index contributed by atoms with van der Waals surface area (Å²) in [5.74, 6) is 1.96. The van der Waals surface area contributed by atoms with Gasteiger partial charge in [0, 0.05) is 5.39 Å². The van der Waals surface area contributed by atoms with Crippen LogP contribution in [0, 0.1) is 5.92 Å². The third kappa shape index (κ3) is 4.40. The highest BCUT2D eigenvalue weighted by molar-refractivity contribution is 6.08. The average molecular weight is 457 g/mol. The predicted octanol–water partition coefficient (Wildman–Crippen LogP) is 7.22. The lowest BCUT2D eigenvalue weighted by molar-refractivity contribution is 0.0995. The maximum absolute atomic E-state index is 13.0. The molecule has 1 aliphatic heterocycles. The first-order valence-corrected chi connectivity index (χ1v) is 12.2. The average Bonchev–Trinajstić information content (AvgIpc) is 3.50. The number of hydrogen-bond acceptors (Lipinski definition) is 4. The van der Waals surface area contributed by atoms with Gasteiger partial charge >= 0.3 is 0 Å². The maximum Gasteiger partial charge on any atom is 0.291 e. The Kier molecular flexibility index (Phi) is 6.29. The molecule has 2 aromatic carbocycles. The molecule has 34 heavy (non-hydrogen) atoms. The lowest BCUT2D eigenvalue weighted by atomic mass is 9.92. The van der Waals surface area contributed by atoms with Crippen LogP contribution in [0.3, 0.4) is 0 Å². The van der Waals surface area contributed by atoms with Gasteiger partial charge in [0.15, 0.2) is 5.76 Å². The number of fused-ring (bicyclic) bond motifs is 1. The number of para-hydroxylation sites is 1. The fraction of sp³-hybridized carbons (Fsp3) is 0.345. The van der Waals surface area contributed by atoms with Crippen LogP contribution in [0.15, 0.2) is 75.8 Å². The van der Waals surface area contributed by atoms with Gasteiger partial charge in [-0.15, -0.1) is 0 Å². The van der Waals surface area contributed by atoms with Crippen molar-refractivity contribution < 1.29 is 13.6 Å². The normalized spacial score (nSPS) is 16.2. The minimum Gasteiger partial charge on any atom is -0.459 e. The third-order valence-electron chi connectivity index (χ3n) is 6.96. The first-order valence-electron chi connectivity index (χ1n) is 12.2. The van der Waals surface area contributed by atoms with Crippen molar-refractivity contribution in [3.05, 3.63) is 89.6 Å². The molecule has 4 aromatic rings. The molecule has 0 bridgehead atoms. The number of anilines is 1. The predicted molar refractivity (Wildman–Crippen MR) is 135 cm³/mol. The minimum absolute atomic E-state index is 0.0898. The van der Waals surface area contributed by atoms with Crippen LogP contribution in [-0.4, -0.2) is 23.9 Å². The van der Waals surface area contributed by atoms with Crippen molar-refractivity contribution >= 4 is 22.6 Å². The molecule has 176 valence electrons. The van der Waals surface area contributed by atoms with Crippen LogP contribution in [-0.2, 0) is 0 Å². The van der Waals surface area contributed by atoms with E-state index in [4.69, 9.17) is 8.83 Å². The van der Waals surface area contributed by atoms with Crippen molar-refractivity contribution in [1.82, 2.24) is 4.90 Å².